The molecule has 5 heteroatoms. The molecule has 0 saturated heterocycles. The zero-order chi connectivity index (χ0) is 13.5. The Morgan fingerprint density at radius 3 is 2.78 bits per heavy atom. The zero-order valence-electron chi connectivity index (χ0n) is 11.6. The minimum Gasteiger partial charge on any atom is -0.370 e. The second-order valence-electron chi connectivity index (χ2n) is 4.76. The van der Waals surface area contributed by atoms with Crippen molar-refractivity contribution in [2.24, 2.45) is 5.92 Å². The summed E-state index contributed by atoms with van der Waals surface area (Å²) in [7, 11) is 1.94. The van der Waals surface area contributed by atoms with Gasteiger partial charge in [-0.3, -0.25) is 0 Å². The minimum absolute atomic E-state index is 0.494. The topological polar surface area (TPSA) is 64.8 Å². The fraction of sp³-hybridized carbons (Fsp3) is 0.615. The fourth-order valence-corrected chi connectivity index (χ4v) is 1.48. The van der Waals surface area contributed by atoms with Crippen molar-refractivity contribution in [1.82, 2.24) is 9.97 Å². The molecule has 0 aliphatic carbocycles. The van der Waals surface area contributed by atoms with Crippen molar-refractivity contribution < 1.29 is 0 Å². The van der Waals surface area contributed by atoms with E-state index in [0.717, 1.165) is 24.0 Å². The number of nitriles is 1. The lowest BCUT2D eigenvalue weighted by Crippen LogP contribution is -2.20. The molecule has 1 aromatic heterocycles. The molecule has 0 aliphatic heterocycles. The van der Waals surface area contributed by atoms with Crippen molar-refractivity contribution in [3.63, 3.8) is 0 Å². The molecule has 18 heavy (non-hydrogen) atoms. The average Bonchev–Trinajstić information content (AvgIpc) is 2.32. The fourth-order valence-electron chi connectivity index (χ4n) is 1.48. The molecule has 1 N–H and O–H groups in total. The van der Waals surface area contributed by atoms with E-state index in [4.69, 9.17) is 5.26 Å². The summed E-state index contributed by atoms with van der Waals surface area (Å²) in [6, 6.07) is 4.06. The van der Waals surface area contributed by atoms with Crippen molar-refractivity contribution >= 4 is 11.6 Å². The lowest BCUT2D eigenvalue weighted by Gasteiger charge is -2.18. The van der Waals surface area contributed by atoms with Crippen molar-refractivity contribution in [3.8, 4) is 6.07 Å². The average molecular weight is 247 g/mol. The predicted octanol–water partition coefficient (Wildman–Crippen LogP) is 2.20. The molecule has 0 radical (unpaired) electrons. The van der Waals surface area contributed by atoms with Gasteiger partial charge in [0.05, 0.1) is 12.5 Å². The number of aromatic nitrogens is 2. The Kier molecular flexibility index (Phi) is 5.37. The van der Waals surface area contributed by atoms with Crippen molar-refractivity contribution in [3.05, 3.63) is 11.9 Å². The molecule has 1 heterocycles. The molecule has 0 atom stereocenters. The first-order valence-corrected chi connectivity index (χ1v) is 6.20. The van der Waals surface area contributed by atoms with Gasteiger partial charge in [-0.2, -0.15) is 5.26 Å². The lowest BCUT2D eigenvalue weighted by molar-refractivity contribution is 0.686. The van der Waals surface area contributed by atoms with Crippen LogP contribution in [0, 0.1) is 24.2 Å². The van der Waals surface area contributed by atoms with E-state index >= 15 is 0 Å². The predicted molar refractivity (Wildman–Crippen MR) is 73.6 cm³/mol. The first-order valence-electron chi connectivity index (χ1n) is 6.20. The summed E-state index contributed by atoms with van der Waals surface area (Å²) in [6.45, 7) is 7.75. The third kappa shape index (κ3) is 4.58. The minimum atomic E-state index is 0.494. The molecule has 1 rings (SSSR count). The molecule has 0 fully saturated rings. The second kappa shape index (κ2) is 6.80. The van der Waals surface area contributed by atoms with Crippen LogP contribution in [0.3, 0.4) is 0 Å². The Morgan fingerprint density at radius 1 is 1.44 bits per heavy atom. The van der Waals surface area contributed by atoms with Crippen LogP contribution in [0.4, 0.5) is 11.6 Å². The van der Waals surface area contributed by atoms with Crippen LogP contribution in [0.25, 0.3) is 0 Å². The van der Waals surface area contributed by atoms with E-state index in [1.807, 2.05) is 24.9 Å². The Balaban J connectivity index is 2.77. The van der Waals surface area contributed by atoms with Gasteiger partial charge in [0.1, 0.15) is 17.5 Å². The molecule has 0 amide bonds. The zero-order valence-corrected chi connectivity index (χ0v) is 11.6. The number of aryl methyl sites for hydroxylation is 1. The van der Waals surface area contributed by atoms with Crippen LogP contribution in [-0.4, -0.2) is 30.1 Å². The molecule has 0 unspecified atom stereocenters. The Labute approximate surface area is 109 Å². The summed E-state index contributed by atoms with van der Waals surface area (Å²) in [6.07, 6.45) is 0.494. The summed E-state index contributed by atoms with van der Waals surface area (Å²) in [4.78, 5) is 10.7. The third-order valence-electron chi connectivity index (χ3n) is 2.47. The Morgan fingerprint density at radius 2 is 2.17 bits per heavy atom. The molecule has 0 saturated carbocycles. The maximum absolute atomic E-state index is 8.59. The third-order valence-corrected chi connectivity index (χ3v) is 2.47. The van der Waals surface area contributed by atoms with Crippen LogP contribution in [0.1, 0.15) is 26.1 Å². The largest absolute Gasteiger partial charge is 0.370 e. The molecule has 0 aromatic carbocycles. The normalized spacial score (nSPS) is 10.2. The van der Waals surface area contributed by atoms with E-state index in [0.29, 0.717) is 18.9 Å². The van der Waals surface area contributed by atoms with Gasteiger partial charge in [-0.15, -0.1) is 0 Å². The maximum atomic E-state index is 8.59. The molecule has 0 spiro atoms. The lowest BCUT2D eigenvalue weighted by atomic mass is 10.2. The number of rotatable bonds is 6. The van der Waals surface area contributed by atoms with E-state index in [2.05, 4.69) is 35.2 Å². The number of nitrogens with one attached hydrogen (secondary N) is 1. The van der Waals surface area contributed by atoms with Crippen LogP contribution < -0.4 is 10.2 Å². The van der Waals surface area contributed by atoms with Crippen molar-refractivity contribution in [2.45, 2.75) is 27.2 Å². The van der Waals surface area contributed by atoms with Gasteiger partial charge in [-0.05, 0) is 12.8 Å². The number of anilines is 2. The summed E-state index contributed by atoms with van der Waals surface area (Å²) >= 11 is 0. The highest BCUT2D eigenvalue weighted by Gasteiger charge is 2.06. The van der Waals surface area contributed by atoms with E-state index in [1.165, 1.54) is 0 Å². The summed E-state index contributed by atoms with van der Waals surface area (Å²) in [5.41, 5.74) is 0. The van der Waals surface area contributed by atoms with Crippen molar-refractivity contribution in [2.75, 3.05) is 30.4 Å². The molecule has 1 aromatic rings. The second-order valence-corrected chi connectivity index (χ2v) is 4.76. The van der Waals surface area contributed by atoms with Gasteiger partial charge in [0, 0.05) is 26.2 Å². The van der Waals surface area contributed by atoms with Crippen molar-refractivity contribution in [1.29, 1.82) is 5.26 Å². The van der Waals surface area contributed by atoms with Gasteiger partial charge in [0.15, 0.2) is 0 Å². The van der Waals surface area contributed by atoms with E-state index in [-0.39, 0.29) is 0 Å². The molecule has 0 aliphatic rings. The molecular weight excluding hydrogens is 226 g/mol. The summed E-state index contributed by atoms with van der Waals surface area (Å²) in [5, 5.41) is 11.9. The molecule has 98 valence electrons. The number of nitrogens with zero attached hydrogens (tertiary/aromatic N) is 4. The smallest absolute Gasteiger partial charge is 0.134 e. The highest BCUT2D eigenvalue weighted by atomic mass is 15.2. The van der Waals surface area contributed by atoms with Crippen LogP contribution in [-0.2, 0) is 0 Å². The maximum Gasteiger partial charge on any atom is 0.134 e. The first kappa shape index (κ1) is 14.2. The highest BCUT2D eigenvalue weighted by Crippen LogP contribution is 2.15. The summed E-state index contributed by atoms with van der Waals surface area (Å²) < 4.78 is 0. The van der Waals surface area contributed by atoms with Gasteiger partial charge in [0.2, 0.25) is 0 Å². The van der Waals surface area contributed by atoms with Gasteiger partial charge in [0.25, 0.3) is 0 Å². The van der Waals surface area contributed by atoms with Gasteiger partial charge < -0.3 is 10.2 Å². The summed E-state index contributed by atoms with van der Waals surface area (Å²) in [5.74, 6) is 3.00. The van der Waals surface area contributed by atoms with Gasteiger partial charge >= 0.3 is 0 Å². The first-order chi connectivity index (χ1) is 8.52. The van der Waals surface area contributed by atoms with Gasteiger partial charge in [-0.1, -0.05) is 13.8 Å². The van der Waals surface area contributed by atoms with E-state index in [9.17, 15) is 0 Å². The van der Waals surface area contributed by atoms with E-state index < -0.39 is 0 Å². The van der Waals surface area contributed by atoms with Crippen LogP contribution in [0.2, 0.25) is 0 Å². The standard InChI is InChI=1S/C13H21N5/c1-10(2)9-15-12-8-13(17-11(3)16-12)18(4)7-5-6-14/h8,10H,5,7,9H2,1-4H3,(H,15,16,17). The van der Waals surface area contributed by atoms with Crippen LogP contribution in [0.15, 0.2) is 6.07 Å². The Bertz CT molecular complexity index is 422. The number of hydrogen-bond acceptors (Lipinski definition) is 5. The molecular formula is C13H21N5. The van der Waals surface area contributed by atoms with Crippen LogP contribution in [0.5, 0.6) is 0 Å². The number of hydrogen-bond donors (Lipinski definition) is 1. The van der Waals surface area contributed by atoms with Gasteiger partial charge in [-0.25, -0.2) is 9.97 Å². The monoisotopic (exact) mass is 247 g/mol. The molecule has 5 nitrogen and oxygen atoms in total. The Hall–Kier alpha value is -1.83. The molecule has 0 bridgehead atoms. The quantitative estimate of drug-likeness (QED) is 0.835. The highest BCUT2D eigenvalue weighted by molar-refractivity contribution is 5.49. The SMILES string of the molecule is Cc1nc(NCC(C)C)cc(N(C)CCC#N)n1. The van der Waals surface area contributed by atoms with E-state index in [1.54, 1.807) is 0 Å². The van der Waals surface area contributed by atoms with Crippen LogP contribution >= 0.6 is 0 Å².